The van der Waals surface area contributed by atoms with Gasteiger partial charge in [0, 0.05) is 4.47 Å². The summed E-state index contributed by atoms with van der Waals surface area (Å²) >= 11 is 6.74. The summed E-state index contributed by atoms with van der Waals surface area (Å²) in [5.74, 6) is -0.193. The van der Waals surface area contributed by atoms with Crippen molar-refractivity contribution in [1.82, 2.24) is 5.43 Å². The Morgan fingerprint density at radius 3 is 2.58 bits per heavy atom. The second-order valence-electron chi connectivity index (χ2n) is 5.12. The van der Waals surface area contributed by atoms with E-state index in [2.05, 4.69) is 47.7 Å². The van der Waals surface area contributed by atoms with E-state index in [9.17, 15) is 9.59 Å². The van der Waals surface area contributed by atoms with Crippen LogP contribution < -0.4 is 15.5 Å². The number of para-hydroxylation sites is 1. The van der Waals surface area contributed by atoms with Crippen molar-refractivity contribution in [2.45, 2.75) is 13.3 Å². The number of hydrazone groups is 1. The molecule has 0 aliphatic carbocycles. The fourth-order valence-electron chi connectivity index (χ4n) is 1.99. The molecule has 0 saturated carbocycles. The van der Waals surface area contributed by atoms with E-state index in [1.807, 2.05) is 31.2 Å². The van der Waals surface area contributed by atoms with Crippen molar-refractivity contribution in [3.05, 3.63) is 57.0 Å². The number of carbonyl (C=O) groups is 2. The van der Waals surface area contributed by atoms with Gasteiger partial charge in [-0.05, 0) is 74.7 Å². The normalized spacial score (nSPS) is 10.6. The van der Waals surface area contributed by atoms with Gasteiger partial charge >= 0.3 is 0 Å². The summed E-state index contributed by atoms with van der Waals surface area (Å²) < 4.78 is 6.96. The van der Waals surface area contributed by atoms with E-state index in [1.165, 1.54) is 6.21 Å². The minimum atomic E-state index is -0.504. The zero-order chi connectivity index (χ0) is 18.9. The molecule has 0 atom stereocenters. The summed E-state index contributed by atoms with van der Waals surface area (Å²) in [6, 6.07) is 12.6. The number of nitrogens with zero attached hydrogens (tertiary/aromatic N) is 1. The van der Waals surface area contributed by atoms with Gasteiger partial charge in [-0.3, -0.25) is 9.59 Å². The molecule has 0 saturated heterocycles. The largest absolute Gasteiger partial charge is 0.493 e. The molecule has 0 radical (unpaired) electrons. The lowest BCUT2D eigenvalue weighted by Crippen LogP contribution is -2.24. The second-order valence-corrected chi connectivity index (χ2v) is 6.83. The fourth-order valence-corrected chi connectivity index (χ4v) is 2.89. The van der Waals surface area contributed by atoms with Crippen molar-refractivity contribution in [1.29, 1.82) is 0 Å². The van der Waals surface area contributed by atoms with E-state index in [0.29, 0.717) is 12.3 Å². The average Bonchev–Trinajstić information content (AvgIpc) is 2.59. The number of benzene rings is 2. The molecule has 0 spiro atoms. The van der Waals surface area contributed by atoms with Crippen molar-refractivity contribution in [2.75, 3.05) is 11.9 Å². The van der Waals surface area contributed by atoms with Crippen molar-refractivity contribution in [2.24, 2.45) is 5.10 Å². The highest BCUT2D eigenvalue weighted by atomic mass is 79.9. The second kappa shape index (κ2) is 10.1. The average molecular weight is 483 g/mol. The molecule has 2 amide bonds. The molecule has 6 nitrogen and oxygen atoms in total. The number of nitrogens with one attached hydrogen (secondary N) is 2. The van der Waals surface area contributed by atoms with Crippen LogP contribution in [0.2, 0.25) is 0 Å². The van der Waals surface area contributed by atoms with Crippen LogP contribution in [0.1, 0.15) is 18.9 Å². The Morgan fingerprint density at radius 2 is 1.88 bits per heavy atom. The minimum absolute atomic E-state index is 0.328. The van der Waals surface area contributed by atoms with Crippen LogP contribution in [0.5, 0.6) is 5.75 Å². The van der Waals surface area contributed by atoms with Gasteiger partial charge in [-0.25, -0.2) is 5.43 Å². The highest BCUT2D eigenvalue weighted by Gasteiger charge is 2.10. The number of hydrogen-bond acceptors (Lipinski definition) is 4. The Balaban J connectivity index is 1.84. The van der Waals surface area contributed by atoms with E-state index in [0.717, 1.165) is 20.3 Å². The molecule has 0 bridgehead atoms. The molecule has 0 unspecified atom stereocenters. The van der Waals surface area contributed by atoms with E-state index < -0.39 is 11.8 Å². The Bertz CT molecular complexity index is 825. The van der Waals surface area contributed by atoms with Gasteiger partial charge in [0.05, 0.1) is 23.0 Å². The third-order valence-corrected chi connectivity index (χ3v) is 4.44. The van der Waals surface area contributed by atoms with Gasteiger partial charge in [0.1, 0.15) is 12.2 Å². The Morgan fingerprint density at radius 1 is 1.12 bits per heavy atom. The van der Waals surface area contributed by atoms with Gasteiger partial charge in [-0.1, -0.05) is 12.1 Å². The van der Waals surface area contributed by atoms with Gasteiger partial charge in [0.25, 0.3) is 0 Å². The van der Waals surface area contributed by atoms with Crippen molar-refractivity contribution in [3.63, 3.8) is 0 Å². The van der Waals surface area contributed by atoms with Crippen LogP contribution >= 0.6 is 31.9 Å². The lowest BCUT2D eigenvalue weighted by atomic mass is 10.2. The SMILES string of the molecule is CCOc1ccc(C=NNC(=O)CC(=O)Nc2ccccc2Br)cc1Br. The third kappa shape index (κ3) is 6.27. The highest BCUT2D eigenvalue weighted by molar-refractivity contribution is 9.11. The van der Waals surface area contributed by atoms with Gasteiger partial charge in [-0.15, -0.1) is 0 Å². The lowest BCUT2D eigenvalue weighted by Gasteiger charge is -2.06. The maximum absolute atomic E-state index is 11.9. The predicted octanol–water partition coefficient (Wildman–Crippen LogP) is 4.09. The van der Waals surface area contributed by atoms with Crippen LogP contribution in [0.4, 0.5) is 5.69 Å². The molecule has 8 heteroatoms. The van der Waals surface area contributed by atoms with Crippen LogP contribution in [-0.2, 0) is 9.59 Å². The van der Waals surface area contributed by atoms with Crippen molar-refractivity contribution < 1.29 is 14.3 Å². The number of halogens is 2. The monoisotopic (exact) mass is 481 g/mol. The first kappa shape index (κ1) is 20.1. The van der Waals surface area contributed by atoms with Gasteiger partial charge < -0.3 is 10.1 Å². The van der Waals surface area contributed by atoms with Crippen molar-refractivity contribution >= 4 is 55.6 Å². The van der Waals surface area contributed by atoms with E-state index in [-0.39, 0.29) is 6.42 Å². The molecule has 136 valence electrons. The molecule has 26 heavy (non-hydrogen) atoms. The first-order chi connectivity index (χ1) is 12.5. The smallest absolute Gasteiger partial charge is 0.249 e. The summed E-state index contributed by atoms with van der Waals surface area (Å²) in [5, 5.41) is 6.52. The Kier molecular flexibility index (Phi) is 7.80. The summed E-state index contributed by atoms with van der Waals surface area (Å²) in [4.78, 5) is 23.7. The maximum Gasteiger partial charge on any atom is 0.249 e. The van der Waals surface area contributed by atoms with E-state index in [1.54, 1.807) is 18.2 Å². The number of hydrogen-bond donors (Lipinski definition) is 2. The minimum Gasteiger partial charge on any atom is -0.493 e. The summed E-state index contributed by atoms with van der Waals surface area (Å²) in [6.45, 7) is 2.48. The molecule has 2 aromatic rings. The number of rotatable bonds is 7. The molecular formula is C18H17Br2N3O3. The summed E-state index contributed by atoms with van der Waals surface area (Å²) in [6.07, 6.45) is 1.16. The molecule has 0 aliphatic heterocycles. The molecule has 2 rings (SSSR count). The molecule has 2 N–H and O–H groups in total. The number of ether oxygens (including phenoxy) is 1. The first-order valence-corrected chi connectivity index (χ1v) is 9.37. The molecule has 0 aliphatic rings. The van der Waals surface area contributed by atoms with Crippen molar-refractivity contribution in [3.8, 4) is 5.75 Å². The zero-order valence-electron chi connectivity index (χ0n) is 14.0. The quantitative estimate of drug-likeness (QED) is 0.354. The lowest BCUT2D eigenvalue weighted by molar-refractivity contribution is -0.126. The number of carbonyl (C=O) groups excluding carboxylic acids is 2. The molecule has 2 aromatic carbocycles. The first-order valence-electron chi connectivity index (χ1n) is 7.78. The van der Waals surface area contributed by atoms with Crippen LogP contribution in [0.25, 0.3) is 0 Å². The van der Waals surface area contributed by atoms with E-state index >= 15 is 0 Å². The van der Waals surface area contributed by atoms with Gasteiger partial charge in [-0.2, -0.15) is 5.10 Å². The van der Waals surface area contributed by atoms with Gasteiger partial charge in [0.15, 0.2) is 0 Å². The maximum atomic E-state index is 11.9. The van der Waals surface area contributed by atoms with Crippen LogP contribution in [-0.4, -0.2) is 24.6 Å². The molecule has 0 aromatic heterocycles. The summed E-state index contributed by atoms with van der Waals surface area (Å²) in [7, 11) is 0. The topological polar surface area (TPSA) is 79.8 Å². The van der Waals surface area contributed by atoms with Crippen LogP contribution in [0.3, 0.4) is 0 Å². The van der Waals surface area contributed by atoms with Crippen LogP contribution in [0, 0.1) is 0 Å². The number of amides is 2. The highest BCUT2D eigenvalue weighted by Crippen LogP contribution is 2.25. The fraction of sp³-hybridized carbons (Fsp3) is 0.167. The Hall–Kier alpha value is -2.19. The standard InChI is InChI=1S/C18H17Br2N3O3/c1-2-26-16-8-7-12(9-14(16)20)11-21-23-18(25)10-17(24)22-15-6-4-3-5-13(15)19/h3-9,11H,2,10H2,1H3,(H,22,24)(H,23,25). The Labute approximate surface area is 168 Å². The van der Waals surface area contributed by atoms with Crippen LogP contribution in [0.15, 0.2) is 56.5 Å². The third-order valence-electron chi connectivity index (χ3n) is 3.13. The zero-order valence-corrected chi connectivity index (χ0v) is 17.1. The molecule has 0 fully saturated rings. The van der Waals surface area contributed by atoms with Gasteiger partial charge in [0.2, 0.25) is 11.8 Å². The van der Waals surface area contributed by atoms with E-state index in [4.69, 9.17) is 4.74 Å². The molecule has 0 heterocycles. The molecular weight excluding hydrogens is 466 g/mol. The predicted molar refractivity (Wildman–Crippen MR) is 108 cm³/mol. The summed E-state index contributed by atoms with van der Waals surface area (Å²) in [5.41, 5.74) is 3.71. The number of anilines is 1.